The highest BCUT2D eigenvalue weighted by atomic mass is 79.9. The average Bonchev–Trinajstić information content (AvgIpc) is 3.91. The lowest BCUT2D eigenvalue weighted by molar-refractivity contribution is 0.00578. The van der Waals surface area contributed by atoms with Gasteiger partial charge in [0.25, 0.3) is 23.6 Å². The molecule has 0 spiro atoms. The van der Waals surface area contributed by atoms with Crippen LogP contribution in [0.15, 0.2) is 89.4 Å². The number of rotatable bonds is 8. The number of carbonyl (C=O) groups is 4. The van der Waals surface area contributed by atoms with Crippen molar-refractivity contribution in [3.63, 3.8) is 0 Å². The molecule has 9 rings (SSSR count). The van der Waals surface area contributed by atoms with Crippen molar-refractivity contribution in [2.75, 3.05) is 0 Å². The van der Waals surface area contributed by atoms with Gasteiger partial charge in [-0.25, -0.2) is 0 Å². The number of benzene rings is 4. The molecule has 0 aliphatic carbocycles. The molecule has 68 heavy (non-hydrogen) atoms. The molecule has 4 aromatic carbocycles. The Kier molecular flexibility index (Phi) is 14.2. The van der Waals surface area contributed by atoms with Crippen molar-refractivity contribution in [2.24, 2.45) is 0 Å². The number of aryl methyl sites for hydroxylation is 2. The van der Waals surface area contributed by atoms with E-state index >= 15 is 0 Å². The van der Waals surface area contributed by atoms with Crippen LogP contribution in [0.5, 0.6) is 0 Å². The van der Waals surface area contributed by atoms with Crippen LogP contribution in [0.2, 0.25) is 0 Å². The zero-order valence-electron chi connectivity index (χ0n) is 42.0. The first-order valence-corrected chi connectivity index (χ1v) is 24.3. The van der Waals surface area contributed by atoms with Gasteiger partial charge in [-0.2, -0.15) is 0 Å². The second kappa shape index (κ2) is 18.7. The molecule has 5 aliphatic heterocycles. The fraction of sp³-hybridized carbons (Fsp3) is 0.462. The van der Waals surface area contributed by atoms with Gasteiger partial charge in [-0.15, -0.1) is 0 Å². The fourth-order valence-electron chi connectivity index (χ4n) is 8.44. The van der Waals surface area contributed by atoms with Gasteiger partial charge >= 0.3 is 21.1 Å². The molecule has 5 heterocycles. The third-order valence-electron chi connectivity index (χ3n) is 14.9. The van der Waals surface area contributed by atoms with E-state index in [0.29, 0.717) is 28.8 Å². The highest BCUT2D eigenvalue weighted by Gasteiger charge is 2.64. The summed E-state index contributed by atoms with van der Waals surface area (Å²) in [5.74, 6) is -0.883. The number of nitrogens with zero attached hydrogens (tertiary/aromatic N) is 2. The van der Waals surface area contributed by atoms with Crippen molar-refractivity contribution in [3.05, 3.63) is 134 Å². The minimum atomic E-state index is -0.476. The molecule has 4 amide bonds. The predicted molar refractivity (Wildman–Crippen MR) is 269 cm³/mol. The number of imide groups is 2. The molecule has 0 saturated carbocycles. The second-order valence-electron chi connectivity index (χ2n) is 21.0. The monoisotopic (exact) mass is 988 g/mol. The van der Waals surface area contributed by atoms with E-state index in [4.69, 9.17) is 27.9 Å². The molecule has 0 atom stereocenters. The number of halogens is 1. The summed E-state index contributed by atoms with van der Waals surface area (Å²) >= 11 is 3.45. The Hall–Kier alpha value is -4.41. The standard InChI is InChI=1S/C23H26BNO4.C17H14BrNO2.C12H24B2O4/c1-6-15-13-17(24-28-22(2,3)23(4,5)29-24)12-11-16(15)14-25-20(26)18-9-7-8-10-19(18)21(25)27;1-2-11-9-13(18)8-7-12(11)10-19-16(20)14-5-3-4-6-15(14)17(19)21;1-9(2)10(3,4)16-13(15-9)14-17-11(5,6)12(7,8)18-14/h7-13H,6,14H2,1-5H3;3-9H,2,10H2,1H3;1-8H3. The third kappa shape index (κ3) is 9.71. The first kappa shape index (κ1) is 51.4. The molecule has 16 heteroatoms. The van der Waals surface area contributed by atoms with E-state index in [1.54, 1.807) is 48.5 Å². The van der Waals surface area contributed by atoms with Crippen molar-refractivity contribution < 1.29 is 47.1 Å². The number of amides is 4. The highest BCUT2D eigenvalue weighted by Crippen LogP contribution is 2.43. The van der Waals surface area contributed by atoms with E-state index in [2.05, 4.69) is 35.8 Å². The van der Waals surface area contributed by atoms with Gasteiger partial charge in [0, 0.05) is 4.47 Å². The summed E-state index contributed by atoms with van der Waals surface area (Å²) in [6, 6.07) is 25.9. The summed E-state index contributed by atoms with van der Waals surface area (Å²) in [4.78, 5) is 52.8. The van der Waals surface area contributed by atoms with Crippen molar-refractivity contribution >= 4 is 66.2 Å². The largest absolute Gasteiger partial charge is 0.494 e. The number of fused-ring (bicyclic) bond motifs is 2. The van der Waals surface area contributed by atoms with Crippen LogP contribution in [0.25, 0.3) is 0 Å². The van der Waals surface area contributed by atoms with Crippen LogP contribution in [-0.4, -0.2) is 88.2 Å². The topological polar surface area (TPSA) is 130 Å². The fourth-order valence-corrected chi connectivity index (χ4v) is 8.85. The molecule has 3 fully saturated rings. The minimum absolute atomic E-state index is 0.208. The van der Waals surface area contributed by atoms with Gasteiger partial charge in [-0.1, -0.05) is 78.3 Å². The summed E-state index contributed by atoms with van der Waals surface area (Å²) in [7, 11) is -1.38. The molecular formula is C52H64B3BrN2O10. The van der Waals surface area contributed by atoms with E-state index in [1.165, 1.54) is 9.80 Å². The van der Waals surface area contributed by atoms with Gasteiger partial charge in [-0.05, 0) is 160 Å². The molecule has 4 aromatic rings. The number of hydrogen-bond acceptors (Lipinski definition) is 10. The minimum Gasteiger partial charge on any atom is -0.405 e. The van der Waals surface area contributed by atoms with Crippen LogP contribution in [0, 0.1) is 0 Å². The molecular weight excluding hydrogens is 925 g/mol. The Morgan fingerprint density at radius 1 is 0.426 bits per heavy atom. The lowest BCUT2D eigenvalue weighted by Gasteiger charge is -2.32. The Morgan fingerprint density at radius 2 is 0.735 bits per heavy atom. The van der Waals surface area contributed by atoms with E-state index in [0.717, 1.165) is 45.0 Å². The maximum atomic E-state index is 12.7. The Morgan fingerprint density at radius 3 is 1.07 bits per heavy atom. The smallest absolute Gasteiger partial charge is 0.405 e. The van der Waals surface area contributed by atoms with Gasteiger partial charge in [0.15, 0.2) is 0 Å². The molecule has 0 bridgehead atoms. The maximum Gasteiger partial charge on any atom is 0.494 e. The van der Waals surface area contributed by atoms with Crippen LogP contribution in [0.4, 0.5) is 0 Å². The van der Waals surface area contributed by atoms with Crippen LogP contribution < -0.4 is 5.46 Å². The summed E-state index contributed by atoms with van der Waals surface area (Å²) in [6.07, 6.45) is 1.64. The molecule has 0 aromatic heterocycles. The normalized spacial score (nSPS) is 21.1. The Balaban J connectivity index is 0.000000156. The maximum absolute atomic E-state index is 12.7. The number of hydrogen-bond donors (Lipinski definition) is 0. The molecule has 0 N–H and O–H groups in total. The molecule has 3 saturated heterocycles. The van der Waals surface area contributed by atoms with Crippen molar-refractivity contribution in [1.82, 2.24) is 9.80 Å². The van der Waals surface area contributed by atoms with Gasteiger partial charge in [0.1, 0.15) is 0 Å². The average molecular weight is 989 g/mol. The molecule has 12 nitrogen and oxygen atoms in total. The molecule has 358 valence electrons. The van der Waals surface area contributed by atoms with Crippen LogP contribution >= 0.6 is 15.9 Å². The number of carbonyl (C=O) groups excluding carboxylic acids is 4. The van der Waals surface area contributed by atoms with Gasteiger partial charge in [0.2, 0.25) is 0 Å². The molecule has 0 radical (unpaired) electrons. The first-order valence-electron chi connectivity index (χ1n) is 23.5. The van der Waals surface area contributed by atoms with E-state index in [1.807, 2.05) is 113 Å². The van der Waals surface area contributed by atoms with Crippen LogP contribution in [0.1, 0.15) is 161 Å². The quantitative estimate of drug-likeness (QED) is 0.124. The van der Waals surface area contributed by atoms with Crippen molar-refractivity contribution in [3.8, 4) is 0 Å². The SMILES string of the molecule is CC1(C)OB(B2OC(C)(C)C(C)(C)O2)OC1(C)C.CCc1cc(B2OC(C)(C)C(C)(C)O2)ccc1CN1C(=O)c2ccccc2C1=O.CCc1cc(Br)ccc1CN1C(=O)c2ccccc2C1=O. The zero-order valence-corrected chi connectivity index (χ0v) is 43.6. The van der Waals surface area contributed by atoms with E-state index in [9.17, 15) is 19.2 Å². The summed E-state index contributed by atoms with van der Waals surface area (Å²) < 4.78 is 37.2. The highest BCUT2D eigenvalue weighted by molar-refractivity contribution is 9.10. The molecule has 5 aliphatic rings. The van der Waals surface area contributed by atoms with E-state index in [-0.39, 0.29) is 52.6 Å². The predicted octanol–water partition coefficient (Wildman–Crippen LogP) is 9.40. The Labute approximate surface area is 411 Å². The zero-order chi connectivity index (χ0) is 49.9. The molecule has 0 unspecified atom stereocenters. The van der Waals surface area contributed by atoms with Gasteiger partial charge in [-0.3, -0.25) is 29.0 Å². The summed E-state index contributed by atoms with van der Waals surface area (Å²) in [6.45, 7) is 29.0. The summed E-state index contributed by atoms with van der Waals surface area (Å²) in [5.41, 5.74) is 4.85. The van der Waals surface area contributed by atoms with Crippen LogP contribution in [-0.2, 0) is 53.9 Å². The van der Waals surface area contributed by atoms with Gasteiger partial charge < -0.3 is 27.9 Å². The van der Waals surface area contributed by atoms with Crippen LogP contribution in [0.3, 0.4) is 0 Å². The second-order valence-corrected chi connectivity index (χ2v) is 21.9. The van der Waals surface area contributed by atoms with Crippen molar-refractivity contribution in [2.45, 2.75) is 156 Å². The van der Waals surface area contributed by atoms with Gasteiger partial charge in [0.05, 0.1) is 68.9 Å². The van der Waals surface area contributed by atoms with Crippen molar-refractivity contribution in [1.29, 1.82) is 0 Å². The Bertz CT molecular complexity index is 2480. The third-order valence-corrected chi connectivity index (χ3v) is 15.4. The lowest BCUT2D eigenvalue weighted by atomic mass is 9.49. The first-order chi connectivity index (χ1) is 31.6. The van der Waals surface area contributed by atoms with E-state index < -0.39 is 32.3 Å². The summed E-state index contributed by atoms with van der Waals surface area (Å²) in [5, 5.41) is 0. The lowest BCUT2D eigenvalue weighted by Crippen LogP contribution is -2.41.